The Morgan fingerprint density at radius 2 is 1.96 bits per heavy atom. The largest absolute Gasteiger partial charge is 0.481 e. The fourth-order valence-electron chi connectivity index (χ4n) is 3.42. The van der Waals surface area contributed by atoms with E-state index in [2.05, 4.69) is 0 Å². The Kier molecular flexibility index (Phi) is 5.75. The molecule has 0 radical (unpaired) electrons. The average molecular weight is 357 g/mol. The van der Waals surface area contributed by atoms with E-state index >= 15 is 0 Å². The van der Waals surface area contributed by atoms with Crippen LogP contribution in [-0.4, -0.2) is 35.0 Å². The first kappa shape index (κ1) is 19.3. The Morgan fingerprint density at radius 3 is 2.52 bits per heavy atom. The van der Waals surface area contributed by atoms with Crippen LogP contribution < -0.4 is 0 Å². The molecule has 0 aromatic heterocycles. The number of hydrogen-bond acceptors (Lipinski definition) is 2. The van der Waals surface area contributed by atoms with E-state index in [1.54, 1.807) is 18.7 Å². The Balaban J connectivity index is 2.06. The highest BCUT2D eigenvalue weighted by Gasteiger charge is 2.36. The Hall–Kier alpha value is -2.05. The Labute approximate surface area is 144 Å². The Morgan fingerprint density at radius 1 is 1.32 bits per heavy atom. The van der Waals surface area contributed by atoms with E-state index in [1.807, 2.05) is 0 Å². The summed E-state index contributed by atoms with van der Waals surface area (Å²) in [5, 5.41) is 9.12. The molecule has 1 aliphatic rings. The molecule has 1 saturated heterocycles. The first-order valence-electron chi connectivity index (χ1n) is 8.28. The lowest BCUT2D eigenvalue weighted by atomic mass is 9.86. The molecule has 0 aliphatic carbocycles. The molecular weight excluding hydrogens is 335 g/mol. The van der Waals surface area contributed by atoms with Crippen LogP contribution in [0.15, 0.2) is 24.3 Å². The second kappa shape index (κ2) is 7.45. The van der Waals surface area contributed by atoms with Gasteiger partial charge < -0.3 is 10.0 Å². The molecule has 1 fully saturated rings. The van der Waals surface area contributed by atoms with Gasteiger partial charge in [0.2, 0.25) is 5.91 Å². The number of halogens is 3. The first-order valence-corrected chi connectivity index (χ1v) is 8.28. The van der Waals surface area contributed by atoms with Gasteiger partial charge in [0.15, 0.2) is 0 Å². The highest BCUT2D eigenvalue weighted by Crippen LogP contribution is 2.36. The third kappa shape index (κ3) is 4.52. The predicted octanol–water partition coefficient (Wildman–Crippen LogP) is 3.77. The number of piperidine rings is 1. The molecule has 0 bridgehead atoms. The molecule has 25 heavy (non-hydrogen) atoms. The van der Waals surface area contributed by atoms with E-state index in [0.29, 0.717) is 19.5 Å². The number of rotatable bonds is 4. The standard InChI is InChI=1S/C18H22F3NO3/c1-11(13-5-3-4-6-15(13)18(19,20)21)9-16(23)22-8-7-14(17(24)25)12(2)10-22/h3-6,11-12,14H,7-10H2,1-2H3,(H,24,25). The number of nitrogens with zero attached hydrogens (tertiary/aromatic N) is 1. The van der Waals surface area contributed by atoms with Crippen molar-refractivity contribution >= 4 is 11.9 Å². The van der Waals surface area contributed by atoms with Gasteiger partial charge in [0, 0.05) is 19.5 Å². The molecule has 3 atom stereocenters. The van der Waals surface area contributed by atoms with Crippen molar-refractivity contribution in [2.24, 2.45) is 11.8 Å². The van der Waals surface area contributed by atoms with Crippen LogP contribution in [0.3, 0.4) is 0 Å². The summed E-state index contributed by atoms with van der Waals surface area (Å²) >= 11 is 0. The highest BCUT2D eigenvalue weighted by atomic mass is 19.4. The lowest BCUT2D eigenvalue weighted by Gasteiger charge is -2.35. The zero-order valence-electron chi connectivity index (χ0n) is 14.2. The molecule has 7 heteroatoms. The minimum absolute atomic E-state index is 0.0302. The number of aliphatic carboxylic acids is 1. The number of likely N-dealkylation sites (tertiary alicyclic amines) is 1. The number of carboxylic acid groups (broad SMARTS) is 1. The smallest absolute Gasteiger partial charge is 0.416 e. The molecule has 4 nitrogen and oxygen atoms in total. The number of carboxylic acids is 1. The van der Waals surface area contributed by atoms with E-state index in [1.165, 1.54) is 18.2 Å². The Bertz CT molecular complexity index is 645. The molecule has 0 spiro atoms. The highest BCUT2D eigenvalue weighted by molar-refractivity contribution is 5.78. The van der Waals surface area contributed by atoms with Crippen LogP contribution in [0.5, 0.6) is 0 Å². The molecule has 1 amide bonds. The molecule has 1 aromatic carbocycles. The molecule has 1 heterocycles. The maximum absolute atomic E-state index is 13.1. The van der Waals surface area contributed by atoms with Gasteiger partial charge in [-0.2, -0.15) is 13.2 Å². The minimum atomic E-state index is -4.46. The van der Waals surface area contributed by atoms with Gasteiger partial charge in [0.25, 0.3) is 0 Å². The van der Waals surface area contributed by atoms with Crippen molar-refractivity contribution in [2.75, 3.05) is 13.1 Å². The summed E-state index contributed by atoms with van der Waals surface area (Å²) in [5.41, 5.74) is -0.606. The zero-order valence-corrected chi connectivity index (χ0v) is 14.2. The summed E-state index contributed by atoms with van der Waals surface area (Å²) in [5.74, 6) is -2.33. The van der Waals surface area contributed by atoms with Gasteiger partial charge >= 0.3 is 12.1 Å². The van der Waals surface area contributed by atoms with Crippen LogP contribution in [0, 0.1) is 11.8 Å². The number of carbonyl (C=O) groups is 2. The van der Waals surface area contributed by atoms with Crippen LogP contribution in [0.2, 0.25) is 0 Å². The number of alkyl halides is 3. The maximum atomic E-state index is 13.1. The summed E-state index contributed by atoms with van der Waals surface area (Å²) in [7, 11) is 0. The molecular formula is C18H22F3NO3. The summed E-state index contributed by atoms with van der Waals surface area (Å²) in [4.78, 5) is 25.2. The SMILES string of the molecule is CC(CC(=O)N1CCC(C(=O)O)C(C)C1)c1ccccc1C(F)(F)F. The van der Waals surface area contributed by atoms with Gasteiger partial charge in [-0.05, 0) is 29.9 Å². The fraction of sp³-hybridized carbons (Fsp3) is 0.556. The number of hydrogen-bond donors (Lipinski definition) is 1. The lowest BCUT2D eigenvalue weighted by Crippen LogP contribution is -2.45. The minimum Gasteiger partial charge on any atom is -0.481 e. The van der Waals surface area contributed by atoms with Gasteiger partial charge in [-0.25, -0.2) is 0 Å². The topological polar surface area (TPSA) is 57.6 Å². The molecule has 138 valence electrons. The second-order valence-electron chi connectivity index (χ2n) is 6.74. The fourth-order valence-corrected chi connectivity index (χ4v) is 3.42. The summed E-state index contributed by atoms with van der Waals surface area (Å²) in [6, 6.07) is 5.29. The van der Waals surface area contributed by atoms with Crippen molar-refractivity contribution in [1.29, 1.82) is 0 Å². The van der Waals surface area contributed by atoms with Crippen LogP contribution >= 0.6 is 0 Å². The van der Waals surface area contributed by atoms with E-state index in [-0.39, 0.29) is 23.8 Å². The molecule has 1 N–H and O–H groups in total. The van der Waals surface area contributed by atoms with Gasteiger partial charge in [0.05, 0.1) is 11.5 Å². The number of benzene rings is 1. The summed E-state index contributed by atoms with van der Waals surface area (Å²) in [6.07, 6.45) is -4.12. The first-order chi connectivity index (χ1) is 11.6. The summed E-state index contributed by atoms with van der Waals surface area (Å²) < 4.78 is 39.4. The lowest BCUT2D eigenvalue weighted by molar-refractivity contribution is -0.148. The van der Waals surface area contributed by atoms with Crippen molar-refractivity contribution < 1.29 is 27.9 Å². The summed E-state index contributed by atoms with van der Waals surface area (Å²) in [6.45, 7) is 4.04. The molecule has 1 aromatic rings. The van der Waals surface area contributed by atoms with E-state index in [9.17, 15) is 22.8 Å². The van der Waals surface area contributed by atoms with E-state index in [0.717, 1.165) is 6.07 Å². The zero-order chi connectivity index (χ0) is 18.8. The average Bonchev–Trinajstić information content (AvgIpc) is 2.53. The van der Waals surface area contributed by atoms with Crippen LogP contribution in [-0.2, 0) is 15.8 Å². The van der Waals surface area contributed by atoms with E-state index < -0.39 is 29.5 Å². The monoisotopic (exact) mass is 357 g/mol. The van der Waals surface area contributed by atoms with Gasteiger partial charge in [0.1, 0.15) is 0 Å². The van der Waals surface area contributed by atoms with Gasteiger partial charge in [-0.3, -0.25) is 9.59 Å². The normalized spacial score (nSPS) is 22.5. The molecule has 3 unspecified atom stereocenters. The van der Waals surface area contributed by atoms with Gasteiger partial charge in [-0.15, -0.1) is 0 Å². The predicted molar refractivity (Wildman–Crippen MR) is 86.0 cm³/mol. The number of carbonyl (C=O) groups excluding carboxylic acids is 1. The quantitative estimate of drug-likeness (QED) is 0.892. The number of amides is 1. The third-order valence-electron chi connectivity index (χ3n) is 4.85. The van der Waals surface area contributed by atoms with Crippen molar-refractivity contribution in [3.63, 3.8) is 0 Å². The molecule has 1 aliphatic heterocycles. The third-order valence-corrected chi connectivity index (χ3v) is 4.85. The maximum Gasteiger partial charge on any atom is 0.416 e. The van der Waals surface area contributed by atoms with Crippen LogP contribution in [0.1, 0.15) is 43.7 Å². The van der Waals surface area contributed by atoms with Gasteiger partial charge in [-0.1, -0.05) is 32.0 Å². The van der Waals surface area contributed by atoms with Crippen molar-refractivity contribution in [3.05, 3.63) is 35.4 Å². The van der Waals surface area contributed by atoms with Crippen LogP contribution in [0.25, 0.3) is 0 Å². The van der Waals surface area contributed by atoms with Crippen molar-refractivity contribution in [1.82, 2.24) is 4.90 Å². The second-order valence-corrected chi connectivity index (χ2v) is 6.74. The van der Waals surface area contributed by atoms with E-state index in [4.69, 9.17) is 5.11 Å². The molecule has 0 saturated carbocycles. The van der Waals surface area contributed by atoms with Crippen molar-refractivity contribution in [3.8, 4) is 0 Å². The van der Waals surface area contributed by atoms with Crippen LogP contribution in [0.4, 0.5) is 13.2 Å². The molecule has 2 rings (SSSR count). The van der Waals surface area contributed by atoms with Crippen molar-refractivity contribution in [2.45, 2.75) is 38.8 Å².